The number of rotatable bonds is 4. The molecule has 0 fully saturated rings. The summed E-state index contributed by atoms with van der Waals surface area (Å²) in [6, 6.07) is 7.45. The highest BCUT2D eigenvalue weighted by Crippen LogP contribution is 2.34. The molecule has 2 aromatic rings. The van der Waals surface area contributed by atoms with Crippen molar-refractivity contribution in [3.05, 3.63) is 57.3 Å². The Kier molecular flexibility index (Phi) is 3.84. The molecule has 0 bridgehead atoms. The smallest absolute Gasteiger partial charge is 0.341 e. The van der Waals surface area contributed by atoms with Gasteiger partial charge in [0.1, 0.15) is 5.56 Å². The lowest BCUT2D eigenvalue weighted by Crippen LogP contribution is -2.04. The number of carbonyl (C=O) groups is 1. The third-order valence-corrected chi connectivity index (χ3v) is 2.82. The van der Waals surface area contributed by atoms with Crippen molar-refractivity contribution in [3.8, 4) is 11.6 Å². The van der Waals surface area contributed by atoms with Crippen molar-refractivity contribution in [2.24, 2.45) is 0 Å². The zero-order chi connectivity index (χ0) is 15.6. The Morgan fingerprint density at radius 1 is 1.29 bits per heavy atom. The van der Waals surface area contributed by atoms with Gasteiger partial charge in [-0.3, -0.25) is 10.1 Å². The number of benzene rings is 1. The average molecular weight is 288 g/mol. The summed E-state index contributed by atoms with van der Waals surface area (Å²) in [6.07, 6.45) is 0. The third kappa shape index (κ3) is 2.97. The average Bonchev–Trinajstić information content (AvgIpc) is 2.37. The van der Waals surface area contributed by atoms with Gasteiger partial charge in [-0.05, 0) is 32.0 Å². The maximum Gasteiger partial charge on any atom is 0.341 e. The number of ether oxygens (including phenoxy) is 1. The van der Waals surface area contributed by atoms with Gasteiger partial charge in [0.25, 0.3) is 0 Å². The van der Waals surface area contributed by atoms with Crippen molar-refractivity contribution in [2.45, 2.75) is 13.8 Å². The predicted molar refractivity (Wildman–Crippen MR) is 73.8 cm³/mol. The second-order valence-electron chi connectivity index (χ2n) is 4.39. The lowest BCUT2D eigenvalue weighted by molar-refractivity contribution is -0.386. The van der Waals surface area contributed by atoms with E-state index in [0.717, 1.165) is 0 Å². The van der Waals surface area contributed by atoms with Gasteiger partial charge in [0.05, 0.1) is 4.92 Å². The molecule has 0 saturated heterocycles. The van der Waals surface area contributed by atoms with Crippen LogP contribution in [0.15, 0.2) is 30.3 Å². The zero-order valence-electron chi connectivity index (χ0n) is 11.4. The number of aromatic carboxylic acids is 1. The van der Waals surface area contributed by atoms with E-state index < -0.39 is 10.9 Å². The van der Waals surface area contributed by atoms with Gasteiger partial charge in [0, 0.05) is 11.3 Å². The van der Waals surface area contributed by atoms with Gasteiger partial charge in [0.15, 0.2) is 0 Å². The highest BCUT2D eigenvalue weighted by molar-refractivity contribution is 5.90. The summed E-state index contributed by atoms with van der Waals surface area (Å²) in [7, 11) is 0. The van der Waals surface area contributed by atoms with Crippen molar-refractivity contribution in [3.63, 3.8) is 0 Å². The van der Waals surface area contributed by atoms with Crippen LogP contribution in [-0.4, -0.2) is 21.0 Å². The Hall–Kier alpha value is -2.96. The molecule has 0 radical (unpaired) electrons. The van der Waals surface area contributed by atoms with Crippen LogP contribution < -0.4 is 4.74 Å². The van der Waals surface area contributed by atoms with Gasteiger partial charge in [0.2, 0.25) is 11.6 Å². The number of nitrogens with zero attached hydrogens (tertiary/aromatic N) is 2. The monoisotopic (exact) mass is 288 g/mol. The van der Waals surface area contributed by atoms with E-state index >= 15 is 0 Å². The first-order valence-electron chi connectivity index (χ1n) is 6.03. The number of carboxylic acids is 1. The molecule has 0 aliphatic heterocycles. The van der Waals surface area contributed by atoms with Crippen LogP contribution in [-0.2, 0) is 0 Å². The van der Waals surface area contributed by atoms with Crippen LogP contribution in [0.5, 0.6) is 11.6 Å². The maximum absolute atomic E-state index is 11.2. The number of aromatic nitrogens is 1. The van der Waals surface area contributed by atoms with Gasteiger partial charge >= 0.3 is 11.7 Å². The topological polar surface area (TPSA) is 103 Å². The number of carboxylic acid groups (broad SMARTS) is 1. The Bertz CT molecular complexity index is 727. The minimum atomic E-state index is -1.21. The minimum absolute atomic E-state index is 0.0411. The van der Waals surface area contributed by atoms with E-state index in [1.165, 1.54) is 18.2 Å². The lowest BCUT2D eigenvalue weighted by atomic mass is 10.2. The van der Waals surface area contributed by atoms with Crippen molar-refractivity contribution in [2.75, 3.05) is 0 Å². The number of hydrogen-bond donors (Lipinski definition) is 1. The highest BCUT2D eigenvalue weighted by atomic mass is 16.6. The quantitative estimate of drug-likeness (QED) is 0.685. The molecule has 7 heteroatoms. The number of hydrogen-bond acceptors (Lipinski definition) is 5. The first kappa shape index (κ1) is 14.4. The van der Waals surface area contributed by atoms with E-state index in [2.05, 4.69) is 4.98 Å². The SMILES string of the molecule is Cc1ccc(C(=O)O)c(Oc2cccc(C)c2[N+](=O)[O-])n1. The van der Waals surface area contributed by atoms with E-state index in [4.69, 9.17) is 9.84 Å². The molecule has 0 atom stereocenters. The fourth-order valence-electron chi connectivity index (χ4n) is 1.83. The lowest BCUT2D eigenvalue weighted by Gasteiger charge is -2.09. The molecule has 1 aromatic carbocycles. The van der Waals surface area contributed by atoms with E-state index in [1.807, 2.05) is 0 Å². The first-order valence-corrected chi connectivity index (χ1v) is 6.03. The predicted octanol–water partition coefficient (Wildman–Crippen LogP) is 3.10. The molecular weight excluding hydrogens is 276 g/mol. The molecule has 0 amide bonds. The van der Waals surface area contributed by atoms with Crippen molar-refractivity contribution < 1.29 is 19.6 Å². The number of nitro benzene ring substituents is 1. The summed E-state index contributed by atoms with van der Waals surface area (Å²) in [5.41, 5.74) is 0.598. The molecule has 0 aliphatic carbocycles. The van der Waals surface area contributed by atoms with Crippen LogP contribution in [0, 0.1) is 24.0 Å². The van der Waals surface area contributed by atoms with Crippen molar-refractivity contribution in [1.82, 2.24) is 4.98 Å². The highest BCUT2D eigenvalue weighted by Gasteiger charge is 2.22. The molecule has 108 valence electrons. The summed E-state index contributed by atoms with van der Waals surface area (Å²) >= 11 is 0. The van der Waals surface area contributed by atoms with Gasteiger partial charge in [-0.25, -0.2) is 9.78 Å². The molecule has 0 unspecified atom stereocenters. The molecule has 1 N–H and O–H groups in total. The van der Waals surface area contributed by atoms with E-state index in [0.29, 0.717) is 11.3 Å². The fraction of sp³-hybridized carbons (Fsp3) is 0.143. The summed E-state index contributed by atoms with van der Waals surface area (Å²) in [6.45, 7) is 3.25. The molecule has 2 rings (SSSR count). The number of aryl methyl sites for hydroxylation is 2. The molecule has 7 nitrogen and oxygen atoms in total. The van der Waals surface area contributed by atoms with Crippen LogP contribution in [0.2, 0.25) is 0 Å². The molecule has 0 aliphatic rings. The zero-order valence-corrected chi connectivity index (χ0v) is 11.4. The Balaban J connectivity index is 2.53. The number of pyridine rings is 1. The third-order valence-electron chi connectivity index (χ3n) is 2.82. The Morgan fingerprint density at radius 2 is 2.00 bits per heavy atom. The van der Waals surface area contributed by atoms with Crippen molar-refractivity contribution >= 4 is 11.7 Å². The fourth-order valence-corrected chi connectivity index (χ4v) is 1.83. The summed E-state index contributed by atoms with van der Waals surface area (Å²) < 4.78 is 5.39. The molecule has 1 aromatic heterocycles. The van der Waals surface area contributed by atoms with Crippen LogP contribution in [0.1, 0.15) is 21.6 Å². The standard InChI is InChI=1S/C14H12N2O5/c1-8-4-3-5-11(12(8)16(19)20)21-13-10(14(17)18)7-6-9(2)15-13/h3-7H,1-2H3,(H,17,18). The molecule has 21 heavy (non-hydrogen) atoms. The van der Waals surface area contributed by atoms with Gasteiger partial charge in [-0.2, -0.15) is 0 Å². The van der Waals surface area contributed by atoms with Gasteiger partial charge in [-0.15, -0.1) is 0 Å². The molecule has 1 heterocycles. The normalized spacial score (nSPS) is 10.2. The largest absolute Gasteiger partial charge is 0.477 e. The van der Waals surface area contributed by atoms with Crippen LogP contribution in [0.4, 0.5) is 5.69 Å². The molecule has 0 saturated carbocycles. The van der Waals surface area contributed by atoms with E-state index in [1.54, 1.807) is 26.0 Å². The van der Waals surface area contributed by atoms with E-state index in [-0.39, 0.29) is 22.9 Å². The van der Waals surface area contributed by atoms with E-state index in [9.17, 15) is 14.9 Å². The Labute approximate surface area is 120 Å². The summed E-state index contributed by atoms with van der Waals surface area (Å²) in [5, 5.41) is 20.2. The Morgan fingerprint density at radius 3 is 2.62 bits per heavy atom. The minimum Gasteiger partial charge on any atom is -0.477 e. The van der Waals surface area contributed by atoms with Crippen LogP contribution in [0.25, 0.3) is 0 Å². The number of nitro groups is 1. The van der Waals surface area contributed by atoms with Gasteiger partial charge < -0.3 is 9.84 Å². The van der Waals surface area contributed by atoms with Gasteiger partial charge in [-0.1, -0.05) is 12.1 Å². The first-order chi connectivity index (χ1) is 9.90. The van der Waals surface area contributed by atoms with Crippen LogP contribution in [0.3, 0.4) is 0 Å². The molecule has 0 spiro atoms. The van der Waals surface area contributed by atoms with Crippen molar-refractivity contribution in [1.29, 1.82) is 0 Å². The maximum atomic E-state index is 11.2. The second kappa shape index (κ2) is 5.58. The number of para-hydroxylation sites is 1. The summed E-state index contributed by atoms with van der Waals surface area (Å²) in [5.74, 6) is -1.43. The molecular formula is C14H12N2O5. The summed E-state index contributed by atoms with van der Waals surface area (Å²) in [4.78, 5) is 25.7. The second-order valence-corrected chi connectivity index (χ2v) is 4.39. The van der Waals surface area contributed by atoms with Crippen LogP contribution >= 0.6 is 0 Å².